The van der Waals surface area contributed by atoms with E-state index in [1.165, 1.54) is 6.92 Å². The molecule has 1 unspecified atom stereocenters. The molecule has 0 aromatic rings. The molecule has 0 fully saturated rings. The number of rotatable bonds is 5. The molecular formula is C10H17BF3K. The number of halogens is 3. The van der Waals surface area contributed by atoms with Crippen molar-refractivity contribution in [3.63, 3.8) is 0 Å². The van der Waals surface area contributed by atoms with Crippen molar-refractivity contribution in [2.75, 3.05) is 0 Å². The zero-order chi connectivity index (χ0) is 11.4. The van der Waals surface area contributed by atoms with Gasteiger partial charge < -0.3 is 12.9 Å². The van der Waals surface area contributed by atoms with Gasteiger partial charge in [-0.15, -0.1) is 12.7 Å². The molecule has 0 aromatic carbocycles. The number of hydrogen-bond donors (Lipinski definition) is 0. The molecule has 0 heterocycles. The molecule has 0 saturated heterocycles. The first-order valence-electron chi connectivity index (χ1n) is 4.69. The SMILES string of the molecule is C=CC(C)(CCC=C(C)C)[B-](F)(F)F.[K+]. The molecule has 0 rings (SSSR count). The van der Waals surface area contributed by atoms with Gasteiger partial charge in [-0.25, -0.2) is 0 Å². The second-order valence-electron chi connectivity index (χ2n) is 4.10. The largest absolute Gasteiger partial charge is 1.00 e. The van der Waals surface area contributed by atoms with Crippen molar-refractivity contribution in [1.82, 2.24) is 0 Å². The fourth-order valence-electron chi connectivity index (χ4n) is 1.07. The Balaban J connectivity index is 0. The first kappa shape index (κ1) is 18.3. The molecule has 0 aliphatic heterocycles. The van der Waals surface area contributed by atoms with Crippen LogP contribution in [-0.4, -0.2) is 6.98 Å². The van der Waals surface area contributed by atoms with Crippen molar-refractivity contribution in [3.05, 3.63) is 24.3 Å². The summed E-state index contributed by atoms with van der Waals surface area (Å²) in [6.45, 7) is 3.39. The van der Waals surface area contributed by atoms with Gasteiger partial charge in [0, 0.05) is 0 Å². The van der Waals surface area contributed by atoms with Crippen LogP contribution in [0.5, 0.6) is 0 Å². The van der Waals surface area contributed by atoms with E-state index in [4.69, 9.17) is 0 Å². The van der Waals surface area contributed by atoms with Gasteiger partial charge in [0.15, 0.2) is 0 Å². The summed E-state index contributed by atoms with van der Waals surface area (Å²) in [6.07, 6.45) is 3.38. The van der Waals surface area contributed by atoms with E-state index in [-0.39, 0.29) is 57.8 Å². The summed E-state index contributed by atoms with van der Waals surface area (Å²) < 4.78 is 37.8. The van der Waals surface area contributed by atoms with E-state index in [0.717, 1.165) is 11.6 Å². The molecule has 0 aliphatic carbocycles. The molecule has 0 bridgehead atoms. The van der Waals surface area contributed by atoms with Gasteiger partial charge in [0.2, 0.25) is 0 Å². The quantitative estimate of drug-likeness (QED) is 0.508. The summed E-state index contributed by atoms with van der Waals surface area (Å²) in [6, 6.07) is 0. The van der Waals surface area contributed by atoms with Gasteiger partial charge in [0.05, 0.1) is 0 Å². The topological polar surface area (TPSA) is 0 Å². The Morgan fingerprint density at radius 2 is 1.80 bits per heavy atom. The monoisotopic (exact) mass is 244 g/mol. The fourth-order valence-corrected chi connectivity index (χ4v) is 1.07. The molecule has 0 amide bonds. The number of allylic oxidation sites excluding steroid dienone is 3. The summed E-state index contributed by atoms with van der Waals surface area (Å²) >= 11 is 0. The summed E-state index contributed by atoms with van der Waals surface area (Å²) in [5.41, 5.74) is 1.05. The van der Waals surface area contributed by atoms with Crippen molar-refractivity contribution in [2.24, 2.45) is 0 Å². The molecule has 0 nitrogen and oxygen atoms in total. The number of hydrogen-bond acceptors (Lipinski definition) is 0. The Hall–Kier alpha value is 0.971. The van der Waals surface area contributed by atoms with E-state index in [0.29, 0.717) is 6.42 Å². The van der Waals surface area contributed by atoms with Gasteiger partial charge in [0.25, 0.3) is 0 Å². The average molecular weight is 244 g/mol. The second-order valence-corrected chi connectivity index (χ2v) is 4.10. The maximum absolute atomic E-state index is 12.6. The summed E-state index contributed by atoms with van der Waals surface area (Å²) in [5.74, 6) is 0. The van der Waals surface area contributed by atoms with E-state index in [1.807, 2.05) is 19.9 Å². The smallest absolute Gasteiger partial charge is 0.448 e. The molecule has 0 saturated carbocycles. The van der Waals surface area contributed by atoms with Crippen LogP contribution < -0.4 is 51.4 Å². The zero-order valence-electron chi connectivity index (χ0n) is 9.99. The third-order valence-electron chi connectivity index (χ3n) is 2.45. The van der Waals surface area contributed by atoms with Crippen LogP contribution in [0.4, 0.5) is 12.9 Å². The van der Waals surface area contributed by atoms with Crippen LogP contribution in [0.3, 0.4) is 0 Å². The van der Waals surface area contributed by atoms with Crippen LogP contribution in [0.15, 0.2) is 24.3 Å². The summed E-state index contributed by atoms with van der Waals surface area (Å²) in [7, 11) is 0. The van der Waals surface area contributed by atoms with Crippen LogP contribution >= 0.6 is 0 Å². The van der Waals surface area contributed by atoms with Crippen molar-refractivity contribution in [3.8, 4) is 0 Å². The molecular weight excluding hydrogens is 227 g/mol. The summed E-state index contributed by atoms with van der Waals surface area (Å²) in [4.78, 5) is 0. The minimum Gasteiger partial charge on any atom is -0.448 e. The molecule has 1 atom stereocenters. The Labute approximate surface area is 133 Å². The first-order valence-corrected chi connectivity index (χ1v) is 4.69. The minimum absolute atomic E-state index is 0. The van der Waals surface area contributed by atoms with E-state index in [9.17, 15) is 12.9 Å². The van der Waals surface area contributed by atoms with Crippen molar-refractivity contribution in [1.29, 1.82) is 0 Å². The van der Waals surface area contributed by atoms with Gasteiger partial charge in [0.1, 0.15) is 0 Å². The van der Waals surface area contributed by atoms with Crippen molar-refractivity contribution >= 4 is 6.98 Å². The fraction of sp³-hybridized carbons (Fsp3) is 0.600. The molecule has 15 heavy (non-hydrogen) atoms. The third-order valence-corrected chi connectivity index (χ3v) is 2.45. The van der Waals surface area contributed by atoms with Gasteiger partial charge in [-0.3, -0.25) is 0 Å². The van der Waals surface area contributed by atoms with Crippen LogP contribution in [0.25, 0.3) is 0 Å². The van der Waals surface area contributed by atoms with Crippen LogP contribution in [0.1, 0.15) is 33.6 Å². The minimum atomic E-state index is -4.85. The third kappa shape index (κ3) is 6.32. The normalized spacial score (nSPS) is 14.8. The van der Waals surface area contributed by atoms with Gasteiger partial charge >= 0.3 is 58.4 Å². The van der Waals surface area contributed by atoms with E-state index < -0.39 is 12.3 Å². The van der Waals surface area contributed by atoms with E-state index in [1.54, 1.807) is 0 Å². The maximum atomic E-state index is 12.6. The van der Waals surface area contributed by atoms with Gasteiger partial charge in [-0.1, -0.05) is 25.0 Å². The zero-order valence-corrected chi connectivity index (χ0v) is 13.1. The average Bonchev–Trinajstić information content (AvgIpc) is 2.01. The van der Waals surface area contributed by atoms with E-state index >= 15 is 0 Å². The predicted molar refractivity (Wildman–Crippen MR) is 56.3 cm³/mol. The Bertz CT molecular complexity index is 231. The molecule has 0 spiro atoms. The Kier molecular flexibility index (Phi) is 8.96. The van der Waals surface area contributed by atoms with Gasteiger partial charge in [-0.05, 0) is 25.6 Å². The standard InChI is InChI=1S/C10H17BF3.K/c1-5-10(4,11(12,13)14)8-6-7-9(2)3;/h5,7H,1,6,8H2,2-4H3;/q-1;+1. The molecule has 0 aromatic heterocycles. The van der Waals surface area contributed by atoms with Crippen LogP contribution in [-0.2, 0) is 0 Å². The molecule has 0 N–H and O–H groups in total. The van der Waals surface area contributed by atoms with Crippen molar-refractivity contribution < 1.29 is 64.3 Å². The molecule has 5 heteroatoms. The van der Waals surface area contributed by atoms with Gasteiger partial charge in [-0.2, -0.15) is 0 Å². The summed E-state index contributed by atoms with van der Waals surface area (Å²) in [5, 5.41) is -1.70. The molecule has 0 radical (unpaired) electrons. The second kappa shape index (κ2) is 7.33. The molecule has 0 aliphatic rings. The molecule has 82 valence electrons. The predicted octanol–water partition coefficient (Wildman–Crippen LogP) is 1.53. The Morgan fingerprint density at radius 1 is 1.33 bits per heavy atom. The van der Waals surface area contributed by atoms with E-state index in [2.05, 4.69) is 6.58 Å². The first-order chi connectivity index (χ1) is 6.23. The van der Waals surface area contributed by atoms with Crippen LogP contribution in [0, 0.1) is 0 Å². The maximum Gasteiger partial charge on any atom is 1.00 e. The van der Waals surface area contributed by atoms with Crippen LogP contribution in [0.2, 0.25) is 5.31 Å². The van der Waals surface area contributed by atoms with Crippen molar-refractivity contribution in [2.45, 2.75) is 38.9 Å². The Morgan fingerprint density at radius 3 is 2.07 bits per heavy atom.